The molecule has 1 aliphatic rings. The number of para-hydroxylation sites is 2. The van der Waals surface area contributed by atoms with Gasteiger partial charge in [0, 0.05) is 30.4 Å². The number of nitrogens with zero attached hydrogens (tertiary/aromatic N) is 3. The minimum atomic E-state index is -0.881. The SMILES string of the molecule is O=C(c1ccc(Oc2ncccc2C2CCN(C(=O)O)CC2)cc1)c1nc2ccccc2[nH]1. The fraction of sp³-hybridized carbons (Fsp3) is 0.200. The zero-order valence-electron chi connectivity index (χ0n) is 17.8. The van der Waals surface area contributed by atoms with Gasteiger partial charge in [-0.25, -0.2) is 14.8 Å². The van der Waals surface area contributed by atoms with Crippen LogP contribution < -0.4 is 4.74 Å². The van der Waals surface area contributed by atoms with Crippen molar-refractivity contribution < 1.29 is 19.4 Å². The van der Waals surface area contributed by atoms with E-state index >= 15 is 0 Å². The van der Waals surface area contributed by atoms with Gasteiger partial charge in [-0.15, -0.1) is 0 Å². The van der Waals surface area contributed by atoms with E-state index in [1.807, 2.05) is 36.4 Å². The first-order chi connectivity index (χ1) is 16.1. The lowest BCUT2D eigenvalue weighted by molar-refractivity contribution is 0.103. The summed E-state index contributed by atoms with van der Waals surface area (Å²) in [6, 6.07) is 18.2. The van der Waals surface area contributed by atoms with Crippen LogP contribution in [-0.4, -0.2) is 49.9 Å². The van der Waals surface area contributed by atoms with Crippen LogP contribution in [0.15, 0.2) is 66.9 Å². The molecule has 2 aromatic heterocycles. The van der Waals surface area contributed by atoms with Crippen LogP contribution in [0.3, 0.4) is 0 Å². The molecule has 0 aliphatic carbocycles. The van der Waals surface area contributed by atoms with Crippen LogP contribution in [0.5, 0.6) is 11.6 Å². The van der Waals surface area contributed by atoms with E-state index in [1.165, 1.54) is 4.90 Å². The molecule has 1 saturated heterocycles. The molecule has 166 valence electrons. The van der Waals surface area contributed by atoms with Crippen molar-refractivity contribution in [3.63, 3.8) is 0 Å². The van der Waals surface area contributed by atoms with Gasteiger partial charge in [0.1, 0.15) is 5.75 Å². The summed E-state index contributed by atoms with van der Waals surface area (Å²) in [4.78, 5) is 37.3. The molecular formula is C25H22N4O4. The van der Waals surface area contributed by atoms with Gasteiger partial charge in [-0.3, -0.25) is 4.79 Å². The number of aromatic amines is 1. The van der Waals surface area contributed by atoms with E-state index < -0.39 is 6.09 Å². The highest BCUT2D eigenvalue weighted by Gasteiger charge is 2.26. The monoisotopic (exact) mass is 442 g/mol. The van der Waals surface area contributed by atoms with E-state index in [4.69, 9.17) is 4.74 Å². The normalized spacial score (nSPS) is 14.4. The predicted octanol–water partition coefficient (Wildman–Crippen LogP) is 4.84. The van der Waals surface area contributed by atoms with Crippen LogP contribution in [0.1, 0.15) is 40.5 Å². The lowest BCUT2D eigenvalue weighted by Gasteiger charge is -2.30. The lowest BCUT2D eigenvalue weighted by atomic mass is 9.90. The van der Waals surface area contributed by atoms with Gasteiger partial charge in [0.2, 0.25) is 11.7 Å². The number of fused-ring (bicyclic) bond motifs is 1. The van der Waals surface area contributed by atoms with Gasteiger partial charge < -0.3 is 19.7 Å². The molecule has 1 fully saturated rings. The van der Waals surface area contributed by atoms with Crippen molar-refractivity contribution >= 4 is 22.9 Å². The van der Waals surface area contributed by atoms with Crippen molar-refractivity contribution in [2.45, 2.75) is 18.8 Å². The van der Waals surface area contributed by atoms with Crippen LogP contribution in [-0.2, 0) is 0 Å². The molecule has 1 aliphatic heterocycles. The first-order valence-corrected chi connectivity index (χ1v) is 10.8. The zero-order chi connectivity index (χ0) is 22.8. The average molecular weight is 442 g/mol. The Morgan fingerprint density at radius 2 is 1.76 bits per heavy atom. The Morgan fingerprint density at radius 1 is 1.00 bits per heavy atom. The van der Waals surface area contributed by atoms with Crippen molar-refractivity contribution in [2.24, 2.45) is 0 Å². The van der Waals surface area contributed by atoms with Gasteiger partial charge in [0.15, 0.2) is 5.82 Å². The second-order valence-corrected chi connectivity index (χ2v) is 8.00. The number of carboxylic acid groups (broad SMARTS) is 1. The smallest absolute Gasteiger partial charge is 0.407 e. The summed E-state index contributed by atoms with van der Waals surface area (Å²) in [5.41, 5.74) is 3.03. The van der Waals surface area contributed by atoms with Gasteiger partial charge in [-0.1, -0.05) is 18.2 Å². The molecule has 0 bridgehead atoms. The lowest BCUT2D eigenvalue weighted by Crippen LogP contribution is -2.36. The third kappa shape index (κ3) is 4.27. The van der Waals surface area contributed by atoms with E-state index in [9.17, 15) is 14.7 Å². The Morgan fingerprint density at radius 3 is 2.48 bits per heavy atom. The Kier molecular flexibility index (Phi) is 5.48. The molecule has 1 amide bonds. The first-order valence-electron chi connectivity index (χ1n) is 10.8. The highest BCUT2D eigenvalue weighted by molar-refractivity contribution is 6.08. The topological polar surface area (TPSA) is 108 Å². The summed E-state index contributed by atoms with van der Waals surface area (Å²) in [5, 5.41) is 9.17. The first kappa shape index (κ1) is 20.7. The second kappa shape index (κ2) is 8.74. The second-order valence-electron chi connectivity index (χ2n) is 8.00. The van der Waals surface area contributed by atoms with E-state index in [0.717, 1.165) is 29.4 Å². The summed E-state index contributed by atoms with van der Waals surface area (Å²) in [7, 11) is 0. The maximum absolute atomic E-state index is 12.8. The minimum absolute atomic E-state index is 0.179. The molecule has 2 aromatic carbocycles. The van der Waals surface area contributed by atoms with Crippen molar-refractivity contribution in [1.82, 2.24) is 19.9 Å². The molecule has 33 heavy (non-hydrogen) atoms. The van der Waals surface area contributed by atoms with Gasteiger partial charge in [-0.2, -0.15) is 0 Å². The number of aromatic nitrogens is 3. The quantitative estimate of drug-likeness (QED) is 0.428. The van der Waals surface area contributed by atoms with E-state index in [1.54, 1.807) is 30.5 Å². The largest absolute Gasteiger partial charge is 0.465 e. The molecule has 0 atom stereocenters. The van der Waals surface area contributed by atoms with Gasteiger partial charge >= 0.3 is 6.09 Å². The van der Waals surface area contributed by atoms with Crippen LogP contribution in [0.2, 0.25) is 0 Å². The number of rotatable bonds is 5. The molecule has 3 heterocycles. The Hall–Kier alpha value is -4.20. The number of ether oxygens (including phenoxy) is 1. The maximum Gasteiger partial charge on any atom is 0.407 e. The van der Waals surface area contributed by atoms with Gasteiger partial charge in [-0.05, 0) is 61.2 Å². The van der Waals surface area contributed by atoms with Gasteiger partial charge in [0.05, 0.1) is 11.0 Å². The van der Waals surface area contributed by atoms with Gasteiger partial charge in [0.25, 0.3) is 0 Å². The zero-order valence-corrected chi connectivity index (χ0v) is 17.8. The van der Waals surface area contributed by atoms with Crippen molar-refractivity contribution in [3.8, 4) is 11.6 Å². The molecular weight excluding hydrogens is 420 g/mol. The number of imidazole rings is 1. The number of benzene rings is 2. The minimum Gasteiger partial charge on any atom is -0.465 e. The summed E-state index contributed by atoms with van der Waals surface area (Å²) >= 11 is 0. The third-order valence-electron chi connectivity index (χ3n) is 5.94. The third-order valence-corrected chi connectivity index (χ3v) is 5.94. The highest BCUT2D eigenvalue weighted by atomic mass is 16.5. The van der Waals surface area contributed by atoms with Crippen molar-refractivity contribution in [1.29, 1.82) is 0 Å². The van der Waals surface area contributed by atoms with E-state index in [0.29, 0.717) is 36.1 Å². The number of carbonyl (C=O) groups is 2. The number of likely N-dealkylation sites (tertiary alicyclic amines) is 1. The summed E-state index contributed by atoms with van der Waals surface area (Å²) < 4.78 is 6.05. The number of nitrogens with one attached hydrogen (secondary N) is 1. The molecule has 5 rings (SSSR count). The number of hydrogen-bond acceptors (Lipinski definition) is 5. The number of carbonyl (C=O) groups excluding carboxylic acids is 1. The summed E-state index contributed by atoms with van der Waals surface area (Å²) in [6.07, 6.45) is 2.23. The van der Waals surface area contributed by atoms with Crippen molar-refractivity contribution in [2.75, 3.05) is 13.1 Å². The maximum atomic E-state index is 12.8. The standard InChI is InChI=1S/C25H22N4O4/c30-22(23-27-20-5-1-2-6-21(20)28-23)17-7-9-18(10-8-17)33-24-19(4-3-13-26-24)16-11-14-29(15-12-16)25(31)32/h1-10,13,16H,11-12,14-15H2,(H,27,28)(H,31,32). The molecule has 0 spiro atoms. The fourth-order valence-electron chi connectivity index (χ4n) is 4.16. The number of H-pyrrole nitrogens is 1. The number of piperidine rings is 1. The van der Waals surface area contributed by atoms with Crippen LogP contribution in [0.4, 0.5) is 4.79 Å². The Bertz CT molecular complexity index is 1270. The number of pyridine rings is 1. The molecule has 0 radical (unpaired) electrons. The van der Waals surface area contributed by atoms with Crippen LogP contribution >= 0.6 is 0 Å². The molecule has 8 nitrogen and oxygen atoms in total. The van der Waals surface area contributed by atoms with Crippen LogP contribution in [0, 0.1) is 0 Å². The number of amides is 1. The predicted molar refractivity (Wildman–Crippen MR) is 122 cm³/mol. The molecule has 2 N–H and O–H groups in total. The van der Waals surface area contributed by atoms with E-state index in [-0.39, 0.29) is 11.7 Å². The number of ketones is 1. The Balaban J connectivity index is 1.31. The summed E-state index contributed by atoms with van der Waals surface area (Å²) in [5.74, 6) is 1.35. The molecule has 0 saturated carbocycles. The van der Waals surface area contributed by atoms with Crippen LogP contribution in [0.25, 0.3) is 11.0 Å². The molecule has 4 aromatic rings. The highest BCUT2D eigenvalue weighted by Crippen LogP contribution is 2.35. The van der Waals surface area contributed by atoms with E-state index in [2.05, 4.69) is 15.0 Å². The molecule has 0 unspecified atom stereocenters. The Labute approximate surface area is 189 Å². The fourth-order valence-corrected chi connectivity index (χ4v) is 4.16. The molecule has 8 heteroatoms. The average Bonchev–Trinajstić information content (AvgIpc) is 3.29. The number of hydrogen-bond donors (Lipinski definition) is 2. The summed E-state index contributed by atoms with van der Waals surface area (Å²) in [6.45, 7) is 0.986. The van der Waals surface area contributed by atoms with Crippen molar-refractivity contribution in [3.05, 3.63) is 83.8 Å².